The first-order chi connectivity index (χ1) is 5.15. The van der Waals surface area contributed by atoms with Gasteiger partial charge in [-0.15, -0.1) is 5.10 Å². The number of hydrogen-bond acceptors (Lipinski definition) is 4. The van der Waals surface area contributed by atoms with E-state index in [1.165, 1.54) is 18.0 Å². The molecule has 2 N–H and O–H groups in total. The lowest BCUT2D eigenvalue weighted by atomic mass is 9.82. The average molecular weight is 156 g/mol. The van der Waals surface area contributed by atoms with Gasteiger partial charge >= 0.3 is 7.12 Å². The summed E-state index contributed by atoms with van der Waals surface area (Å²) < 4.78 is 6.23. The van der Waals surface area contributed by atoms with E-state index in [9.17, 15) is 0 Å². The van der Waals surface area contributed by atoms with Crippen LogP contribution >= 0.6 is 0 Å². The molecule has 1 heterocycles. The maximum absolute atomic E-state index is 8.77. The monoisotopic (exact) mass is 156 g/mol. The van der Waals surface area contributed by atoms with Crippen molar-refractivity contribution >= 4 is 12.6 Å². The third kappa shape index (κ3) is 1.52. The Bertz CT molecular complexity index is 248. The van der Waals surface area contributed by atoms with E-state index in [0.29, 0.717) is 0 Å². The van der Waals surface area contributed by atoms with Crippen molar-refractivity contribution in [2.24, 2.45) is 7.05 Å². The van der Waals surface area contributed by atoms with E-state index < -0.39 is 7.12 Å². The van der Waals surface area contributed by atoms with E-state index in [-0.39, 0.29) is 11.3 Å². The molecule has 0 spiro atoms. The Morgan fingerprint density at radius 1 is 1.64 bits per heavy atom. The summed E-state index contributed by atoms with van der Waals surface area (Å²) in [6, 6.07) is 0. The fourth-order valence-corrected chi connectivity index (χ4v) is 0.822. The number of aryl methyl sites for hydroxylation is 1. The minimum atomic E-state index is -1.53. The third-order valence-electron chi connectivity index (χ3n) is 1.29. The fourth-order valence-electron chi connectivity index (χ4n) is 0.822. The van der Waals surface area contributed by atoms with Crippen LogP contribution in [0.5, 0.6) is 5.88 Å². The van der Waals surface area contributed by atoms with Gasteiger partial charge in [-0.05, 0) is 0 Å². The number of aromatic nitrogens is 2. The predicted octanol–water partition coefficient (Wildman–Crippen LogP) is -1.89. The molecule has 0 aliphatic heterocycles. The largest absolute Gasteiger partial charge is 0.495 e. The van der Waals surface area contributed by atoms with Gasteiger partial charge in [-0.3, -0.25) is 4.68 Å². The van der Waals surface area contributed by atoms with Gasteiger partial charge in [0.15, 0.2) is 0 Å². The van der Waals surface area contributed by atoms with E-state index in [1.54, 1.807) is 7.05 Å². The summed E-state index contributed by atoms with van der Waals surface area (Å²) in [7, 11) is 1.57. The van der Waals surface area contributed by atoms with Crippen LogP contribution < -0.4 is 10.2 Å². The molecule has 1 rings (SSSR count). The second-order valence-electron chi connectivity index (χ2n) is 2.14. The highest BCUT2D eigenvalue weighted by Gasteiger charge is 2.19. The van der Waals surface area contributed by atoms with Gasteiger partial charge < -0.3 is 14.8 Å². The minimum Gasteiger partial charge on any atom is -0.480 e. The minimum absolute atomic E-state index is 0.238. The summed E-state index contributed by atoms with van der Waals surface area (Å²) >= 11 is 0. The Balaban J connectivity index is 3.02. The molecule has 0 aliphatic carbocycles. The Morgan fingerprint density at radius 3 is 2.64 bits per heavy atom. The summed E-state index contributed by atoms with van der Waals surface area (Å²) in [6.45, 7) is 0. The number of ether oxygens (including phenoxy) is 1. The second-order valence-corrected chi connectivity index (χ2v) is 2.14. The van der Waals surface area contributed by atoms with Crippen LogP contribution in [0.25, 0.3) is 0 Å². The summed E-state index contributed by atoms with van der Waals surface area (Å²) in [4.78, 5) is 0. The molecule has 0 fully saturated rings. The Hall–Kier alpha value is -1.01. The molecule has 0 saturated carbocycles. The SMILES string of the molecule is COc1nn(C)cc1B(O)O. The molecule has 6 heteroatoms. The second kappa shape index (κ2) is 2.94. The predicted molar refractivity (Wildman–Crippen MR) is 39.6 cm³/mol. The Labute approximate surface area is 64.4 Å². The number of methoxy groups -OCH3 is 1. The van der Waals surface area contributed by atoms with Gasteiger partial charge in [-0.2, -0.15) is 0 Å². The van der Waals surface area contributed by atoms with Crippen molar-refractivity contribution in [3.8, 4) is 5.88 Å². The molecular weight excluding hydrogens is 147 g/mol. The zero-order valence-corrected chi connectivity index (χ0v) is 6.35. The molecule has 0 aromatic carbocycles. The van der Waals surface area contributed by atoms with E-state index in [4.69, 9.17) is 14.8 Å². The highest BCUT2D eigenvalue weighted by Crippen LogP contribution is 2.00. The van der Waals surface area contributed by atoms with Gasteiger partial charge in [0.25, 0.3) is 0 Å². The van der Waals surface area contributed by atoms with Gasteiger partial charge in [0, 0.05) is 13.2 Å². The molecule has 1 aromatic rings. The van der Waals surface area contributed by atoms with Crippen molar-refractivity contribution in [2.45, 2.75) is 0 Å². The lowest BCUT2D eigenvalue weighted by Gasteiger charge is -1.96. The molecule has 0 saturated heterocycles. The van der Waals surface area contributed by atoms with Crippen molar-refractivity contribution in [3.63, 3.8) is 0 Å². The Kier molecular flexibility index (Phi) is 2.16. The molecule has 5 nitrogen and oxygen atoms in total. The smallest absolute Gasteiger partial charge is 0.480 e. The van der Waals surface area contributed by atoms with Crippen molar-refractivity contribution in [2.75, 3.05) is 7.11 Å². The van der Waals surface area contributed by atoms with E-state index in [0.717, 1.165) is 0 Å². The zero-order chi connectivity index (χ0) is 8.43. The number of hydrogen-bond donors (Lipinski definition) is 2. The van der Waals surface area contributed by atoms with Crippen molar-refractivity contribution in [1.29, 1.82) is 0 Å². The van der Waals surface area contributed by atoms with Crippen LogP contribution in [-0.2, 0) is 7.05 Å². The first kappa shape index (κ1) is 8.09. The molecule has 60 valence electrons. The van der Waals surface area contributed by atoms with E-state index >= 15 is 0 Å². The summed E-state index contributed by atoms with van der Waals surface area (Å²) in [5.74, 6) is 0.238. The summed E-state index contributed by atoms with van der Waals surface area (Å²) in [5.41, 5.74) is 0.273. The molecule has 0 bridgehead atoms. The summed E-state index contributed by atoms with van der Waals surface area (Å²) in [6.07, 6.45) is 1.49. The summed E-state index contributed by atoms with van der Waals surface area (Å²) in [5, 5.41) is 21.4. The van der Waals surface area contributed by atoms with Crippen molar-refractivity contribution < 1.29 is 14.8 Å². The van der Waals surface area contributed by atoms with Gasteiger partial charge in [0.2, 0.25) is 5.88 Å². The van der Waals surface area contributed by atoms with Crippen LogP contribution in [-0.4, -0.2) is 34.1 Å². The van der Waals surface area contributed by atoms with Crippen LogP contribution in [0.2, 0.25) is 0 Å². The maximum Gasteiger partial charge on any atom is 0.495 e. The quantitative estimate of drug-likeness (QED) is 0.491. The molecule has 0 unspecified atom stereocenters. The molecule has 0 aliphatic rings. The standard InChI is InChI=1S/C5H9BN2O3/c1-8-3-4(6(9)10)5(7-8)11-2/h3,9-10H,1-2H3. The zero-order valence-electron chi connectivity index (χ0n) is 6.35. The van der Waals surface area contributed by atoms with Crippen LogP contribution in [0.4, 0.5) is 0 Å². The molecular formula is C5H9BN2O3. The first-order valence-corrected chi connectivity index (χ1v) is 3.09. The van der Waals surface area contributed by atoms with Gasteiger partial charge in [0.1, 0.15) is 0 Å². The van der Waals surface area contributed by atoms with Crippen molar-refractivity contribution in [1.82, 2.24) is 9.78 Å². The van der Waals surface area contributed by atoms with Crippen LogP contribution in [0, 0.1) is 0 Å². The molecule has 0 radical (unpaired) electrons. The van der Waals surface area contributed by atoms with Crippen molar-refractivity contribution in [3.05, 3.63) is 6.20 Å². The lowest BCUT2D eigenvalue weighted by Crippen LogP contribution is -2.29. The van der Waals surface area contributed by atoms with Crippen LogP contribution in [0.15, 0.2) is 6.20 Å². The Morgan fingerprint density at radius 2 is 2.27 bits per heavy atom. The lowest BCUT2D eigenvalue weighted by molar-refractivity contribution is 0.387. The molecule has 11 heavy (non-hydrogen) atoms. The van der Waals surface area contributed by atoms with E-state index in [1.807, 2.05) is 0 Å². The molecule has 0 atom stereocenters. The highest BCUT2D eigenvalue weighted by atomic mass is 16.5. The average Bonchev–Trinajstić information content (AvgIpc) is 2.30. The fraction of sp³-hybridized carbons (Fsp3) is 0.400. The van der Waals surface area contributed by atoms with Gasteiger partial charge in [0.05, 0.1) is 12.6 Å². The van der Waals surface area contributed by atoms with Crippen LogP contribution in [0.3, 0.4) is 0 Å². The normalized spacial score (nSPS) is 9.82. The number of nitrogens with zero attached hydrogens (tertiary/aromatic N) is 2. The topological polar surface area (TPSA) is 67.5 Å². The maximum atomic E-state index is 8.77. The highest BCUT2D eigenvalue weighted by molar-refractivity contribution is 6.59. The third-order valence-corrected chi connectivity index (χ3v) is 1.29. The molecule has 1 aromatic heterocycles. The molecule has 0 amide bonds. The van der Waals surface area contributed by atoms with Crippen LogP contribution in [0.1, 0.15) is 0 Å². The van der Waals surface area contributed by atoms with Gasteiger partial charge in [-0.1, -0.05) is 0 Å². The van der Waals surface area contributed by atoms with E-state index in [2.05, 4.69) is 5.10 Å². The number of rotatable bonds is 2. The first-order valence-electron chi connectivity index (χ1n) is 3.09. The van der Waals surface area contributed by atoms with Gasteiger partial charge in [-0.25, -0.2) is 0 Å².